The average Bonchev–Trinajstić information content (AvgIpc) is 2.60. The number of hydrogen-bond acceptors (Lipinski definition) is 3. The second-order valence-corrected chi connectivity index (χ2v) is 6.07. The summed E-state index contributed by atoms with van der Waals surface area (Å²) in [6.07, 6.45) is 0. The summed E-state index contributed by atoms with van der Waals surface area (Å²) in [5, 5.41) is 2.93. The Morgan fingerprint density at radius 3 is 2.50 bits per heavy atom. The fourth-order valence-corrected chi connectivity index (χ4v) is 2.42. The predicted molar refractivity (Wildman–Crippen MR) is 94.2 cm³/mol. The Balaban J connectivity index is 2.10. The minimum Gasteiger partial charge on any atom is -0.495 e. The van der Waals surface area contributed by atoms with Gasteiger partial charge >= 0.3 is 11.8 Å². The number of nitrogens with zero attached hydrogens (tertiary/aromatic N) is 1. The van der Waals surface area contributed by atoms with Crippen LogP contribution in [0.1, 0.15) is 11.1 Å². The zero-order valence-corrected chi connectivity index (χ0v) is 15.2. The molecule has 0 radical (unpaired) electrons. The van der Waals surface area contributed by atoms with Crippen LogP contribution < -0.4 is 10.1 Å². The van der Waals surface area contributed by atoms with E-state index >= 15 is 0 Å². The lowest BCUT2D eigenvalue weighted by Crippen LogP contribution is -2.36. The number of amides is 2. The monoisotopic (exact) mass is 382 g/mol. The van der Waals surface area contributed by atoms with E-state index in [1.807, 2.05) is 0 Å². The summed E-state index contributed by atoms with van der Waals surface area (Å²) in [5.74, 6) is -3.43. The van der Waals surface area contributed by atoms with Gasteiger partial charge in [-0.25, -0.2) is 8.78 Å². The molecule has 0 aromatic heterocycles. The molecule has 0 fully saturated rings. The van der Waals surface area contributed by atoms with E-state index in [-0.39, 0.29) is 6.54 Å². The van der Waals surface area contributed by atoms with Crippen molar-refractivity contribution in [2.24, 2.45) is 0 Å². The molecule has 0 atom stereocenters. The molecule has 0 aliphatic carbocycles. The van der Waals surface area contributed by atoms with Gasteiger partial charge in [0.15, 0.2) is 11.6 Å². The zero-order chi connectivity index (χ0) is 19.4. The number of rotatable bonds is 4. The van der Waals surface area contributed by atoms with Crippen molar-refractivity contribution in [3.05, 3.63) is 58.1 Å². The van der Waals surface area contributed by atoms with Crippen LogP contribution in [-0.4, -0.2) is 30.9 Å². The lowest BCUT2D eigenvalue weighted by molar-refractivity contribution is -0.142. The third-order valence-electron chi connectivity index (χ3n) is 3.67. The molecule has 8 heteroatoms. The first-order chi connectivity index (χ1) is 12.2. The summed E-state index contributed by atoms with van der Waals surface area (Å²) in [5.41, 5.74) is 1.35. The van der Waals surface area contributed by atoms with Crippen molar-refractivity contribution < 1.29 is 23.1 Å². The van der Waals surface area contributed by atoms with Crippen LogP contribution in [0.25, 0.3) is 0 Å². The molecule has 0 heterocycles. The van der Waals surface area contributed by atoms with E-state index in [0.717, 1.165) is 17.0 Å². The SMILES string of the molecule is COc1cc(Cl)c(C)cc1NC(=O)C(=O)N(C)Cc1ccc(F)c(F)c1. The van der Waals surface area contributed by atoms with Crippen molar-refractivity contribution in [3.8, 4) is 5.75 Å². The Kier molecular flexibility index (Phi) is 6.15. The molecule has 2 amide bonds. The Morgan fingerprint density at radius 1 is 1.19 bits per heavy atom. The van der Waals surface area contributed by atoms with E-state index in [0.29, 0.717) is 27.6 Å². The van der Waals surface area contributed by atoms with Crippen LogP contribution in [0, 0.1) is 18.6 Å². The van der Waals surface area contributed by atoms with Gasteiger partial charge in [-0.1, -0.05) is 17.7 Å². The Bertz CT molecular complexity index is 859. The molecule has 2 aromatic carbocycles. The number of anilines is 1. The number of halogens is 3. The maximum Gasteiger partial charge on any atom is 0.314 e. The first kappa shape index (κ1) is 19.7. The van der Waals surface area contributed by atoms with Gasteiger partial charge in [0.2, 0.25) is 0 Å². The number of carbonyl (C=O) groups excluding carboxylic acids is 2. The molecule has 1 N–H and O–H groups in total. The second kappa shape index (κ2) is 8.14. The van der Waals surface area contributed by atoms with Crippen LogP contribution in [0.5, 0.6) is 5.75 Å². The van der Waals surface area contributed by atoms with E-state index in [2.05, 4.69) is 5.32 Å². The fourth-order valence-electron chi connectivity index (χ4n) is 2.26. The van der Waals surface area contributed by atoms with E-state index in [4.69, 9.17) is 16.3 Å². The van der Waals surface area contributed by atoms with Crippen LogP contribution in [0.4, 0.5) is 14.5 Å². The molecule has 2 rings (SSSR count). The summed E-state index contributed by atoms with van der Waals surface area (Å²) in [7, 11) is 2.79. The normalized spacial score (nSPS) is 10.4. The Labute approximate surface area is 154 Å². The van der Waals surface area contributed by atoms with Crippen LogP contribution in [0.3, 0.4) is 0 Å². The molecule has 0 aliphatic rings. The van der Waals surface area contributed by atoms with Crippen molar-refractivity contribution in [3.63, 3.8) is 0 Å². The van der Waals surface area contributed by atoms with Gasteiger partial charge in [0.1, 0.15) is 5.75 Å². The number of carbonyl (C=O) groups is 2. The summed E-state index contributed by atoms with van der Waals surface area (Å²) in [4.78, 5) is 25.5. The first-order valence-electron chi connectivity index (χ1n) is 7.57. The highest BCUT2D eigenvalue weighted by Crippen LogP contribution is 2.30. The molecule has 2 aromatic rings. The molecule has 0 aliphatic heterocycles. The minimum absolute atomic E-state index is 0.0553. The smallest absolute Gasteiger partial charge is 0.314 e. The molecule has 0 spiro atoms. The number of ether oxygens (including phenoxy) is 1. The van der Waals surface area contributed by atoms with Crippen molar-refractivity contribution in [2.75, 3.05) is 19.5 Å². The predicted octanol–water partition coefficient (Wildman–Crippen LogP) is 3.53. The van der Waals surface area contributed by atoms with Gasteiger partial charge in [-0.15, -0.1) is 0 Å². The molecule has 0 saturated carbocycles. The molecule has 0 saturated heterocycles. The largest absolute Gasteiger partial charge is 0.495 e. The van der Waals surface area contributed by atoms with Gasteiger partial charge < -0.3 is 15.0 Å². The molecule has 5 nitrogen and oxygen atoms in total. The highest BCUT2D eigenvalue weighted by atomic mass is 35.5. The lowest BCUT2D eigenvalue weighted by atomic mass is 10.2. The third kappa shape index (κ3) is 4.49. The number of methoxy groups -OCH3 is 1. The van der Waals surface area contributed by atoms with Gasteiger partial charge in [-0.2, -0.15) is 0 Å². The molecule has 0 bridgehead atoms. The lowest BCUT2D eigenvalue weighted by Gasteiger charge is -2.18. The van der Waals surface area contributed by atoms with Crippen molar-refractivity contribution in [1.82, 2.24) is 4.90 Å². The fraction of sp³-hybridized carbons (Fsp3) is 0.222. The average molecular weight is 383 g/mol. The Hall–Kier alpha value is -2.67. The summed E-state index contributed by atoms with van der Waals surface area (Å²) >= 11 is 6.00. The quantitative estimate of drug-likeness (QED) is 0.823. The summed E-state index contributed by atoms with van der Waals surface area (Å²) in [6, 6.07) is 6.39. The molecular formula is C18H17ClF2N2O3. The number of nitrogens with one attached hydrogen (secondary N) is 1. The van der Waals surface area contributed by atoms with E-state index in [1.165, 1.54) is 26.3 Å². The topological polar surface area (TPSA) is 58.6 Å². The van der Waals surface area contributed by atoms with Gasteiger partial charge in [-0.3, -0.25) is 9.59 Å². The van der Waals surface area contributed by atoms with Crippen molar-refractivity contribution >= 4 is 29.1 Å². The van der Waals surface area contributed by atoms with Crippen molar-refractivity contribution in [2.45, 2.75) is 13.5 Å². The standard InChI is InChI=1S/C18H17ClF2N2O3/c1-10-6-15(16(26-3)8-12(10)19)22-17(24)18(25)23(2)9-11-4-5-13(20)14(21)7-11/h4-8H,9H2,1-3H3,(H,22,24). The summed E-state index contributed by atoms with van der Waals surface area (Å²) in [6.45, 7) is 1.69. The maximum atomic E-state index is 13.2. The van der Waals surface area contributed by atoms with Gasteiger partial charge in [-0.05, 0) is 36.2 Å². The van der Waals surface area contributed by atoms with E-state index in [1.54, 1.807) is 13.0 Å². The van der Waals surface area contributed by atoms with E-state index < -0.39 is 23.4 Å². The van der Waals surface area contributed by atoms with Crippen LogP contribution >= 0.6 is 11.6 Å². The minimum atomic E-state index is -1.02. The number of benzene rings is 2. The van der Waals surface area contributed by atoms with E-state index in [9.17, 15) is 18.4 Å². The van der Waals surface area contributed by atoms with Crippen LogP contribution in [-0.2, 0) is 16.1 Å². The second-order valence-electron chi connectivity index (χ2n) is 5.67. The molecule has 0 unspecified atom stereocenters. The highest BCUT2D eigenvalue weighted by Gasteiger charge is 2.21. The molecule has 26 heavy (non-hydrogen) atoms. The van der Waals surface area contributed by atoms with Gasteiger partial charge in [0.05, 0.1) is 12.8 Å². The van der Waals surface area contributed by atoms with Crippen LogP contribution in [0.15, 0.2) is 30.3 Å². The summed E-state index contributed by atoms with van der Waals surface area (Å²) < 4.78 is 31.3. The Morgan fingerprint density at radius 2 is 1.88 bits per heavy atom. The third-order valence-corrected chi connectivity index (χ3v) is 4.08. The van der Waals surface area contributed by atoms with Crippen molar-refractivity contribution in [1.29, 1.82) is 0 Å². The molecular weight excluding hydrogens is 366 g/mol. The van der Waals surface area contributed by atoms with Gasteiger partial charge in [0, 0.05) is 24.7 Å². The number of likely N-dealkylation sites (N-methyl/N-ethyl adjacent to an activating group) is 1. The zero-order valence-electron chi connectivity index (χ0n) is 14.4. The maximum absolute atomic E-state index is 13.2. The highest BCUT2D eigenvalue weighted by molar-refractivity contribution is 6.39. The van der Waals surface area contributed by atoms with Crippen LogP contribution in [0.2, 0.25) is 5.02 Å². The van der Waals surface area contributed by atoms with Gasteiger partial charge in [0.25, 0.3) is 0 Å². The number of hydrogen-bond donors (Lipinski definition) is 1. The first-order valence-corrected chi connectivity index (χ1v) is 7.95. The number of aryl methyl sites for hydroxylation is 1. The molecule has 138 valence electrons.